The zero-order chi connectivity index (χ0) is 25.0. The number of nitrogens with two attached hydrogens (primary N) is 2. The number of H-pyrrole nitrogens is 2. The summed E-state index contributed by atoms with van der Waals surface area (Å²) in [5.74, 6) is 0.894. The number of pyridine rings is 2. The van der Waals surface area contributed by atoms with Gasteiger partial charge in [0, 0.05) is 34.3 Å². The van der Waals surface area contributed by atoms with Crippen LogP contribution in [0.5, 0.6) is 11.5 Å². The number of aromatic hydroxyl groups is 1. The Kier molecular flexibility index (Phi) is 4.86. The number of phenols is 1. The summed E-state index contributed by atoms with van der Waals surface area (Å²) < 4.78 is 8.19. The molecule has 178 valence electrons. The lowest BCUT2D eigenvalue weighted by atomic mass is 10.1. The van der Waals surface area contributed by atoms with E-state index in [9.17, 15) is 14.7 Å². The first-order chi connectivity index (χ1) is 16.7. The number of aromatic nitrogens is 6. The Bertz CT molecular complexity index is 1890. The Morgan fingerprint density at radius 2 is 1.29 bits per heavy atom. The molecular formula is C23H22N8O4. The molecule has 6 aromatic rings. The van der Waals surface area contributed by atoms with Gasteiger partial charge in [-0.3, -0.25) is 0 Å². The fourth-order valence-corrected chi connectivity index (χ4v) is 4.12. The van der Waals surface area contributed by atoms with Gasteiger partial charge in [0.15, 0.2) is 11.3 Å². The fraction of sp³-hybridized carbons (Fsp3) is 0.130. The summed E-state index contributed by atoms with van der Waals surface area (Å²) in [6, 6.07) is 10.2. The van der Waals surface area contributed by atoms with Gasteiger partial charge >= 0.3 is 11.4 Å². The van der Waals surface area contributed by atoms with Crippen molar-refractivity contribution in [2.75, 3.05) is 18.6 Å². The summed E-state index contributed by atoms with van der Waals surface area (Å²) in [6.07, 6.45) is 0. The number of nitrogens with zero attached hydrogens (tertiary/aromatic N) is 4. The maximum atomic E-state index is 11.7. The first-order valence-electron chi connectivity index (χ1n) is 10.5. The van der Waals surface area contributed by atoms with E-state index < -0.39 is 0 Å². The average molecular weight is 474 g/mol. The molecule has 0 saturated carbocycles. The SMILES string of the molecule is COc1cc2c(N)cc3n[nH]c(=O)n3c2cc1C.Cc1cc2c(cc1O)c(N)cc1n[nH]c(=O)n12. The summed E-state index contributed by atoms with van der Waals surface area (Å²) in [5, 5.41) is 23.6. The number of methoxy groups -OCH3 is 1. The molecule has 35 heavy (non-hydrogen) atoms. The van der Waals surface area contributed by atoms with Crippen LogP contribution in [0.1, 0.15) is 11.1 Å². The second-order valence-corrected chi connectivity index (χ2v) is 8.14. The van der Waals surface area contributed by atoms with Crippen LogP contribution in [0.15, 0.2) is 46.0 Å². The monoisotopic (exact) mass is 474 g/mol. The highest BCUT2D eigenvalue weighted by Crippen LogP contribution is 2.30. The van der Waals surface area contributed by atoms with Gasteiger partial charge in [-0.05, 0) is 49.2 Å². The maximum Gasteiger partial charge on any atom is 0.348 e. The van der Waals surface area contributed by atoms with Crippen LogP contribution in [0.25, 0.3) is 33.1 Å². The van der Waals surface area contributed by atoms with Crippen molar-refractivity contribution in [2.45, 2.75) is 13.8 Å². The van der Waals surface area contributed by atoms with Crippen LogP contribution in [0, 0.1) is 13.8 Å². The van der Waals surface area contributed by atoms with Gasteiger partial charge < -0.3 is 21.3 Å². The van der Waals surface area contributed by atoms with Gasteiger partial charge in [0.2, 0.25) is 0 Å². The maximum absolute atomic E-state index is 11.7. The van der Waals surface area contributed by atoms with Crippen molar-refractivity contribution in [1.82, 2.24) is 29.2 Å². The van der Waals surface area contributed by atoms with Crippen molar-refractivity contribution in [3.05, 3.63) is 68.5 Å². The van der Waals surface area contributed by atoms with E-state index in [-0.39, 0.29) is 17.1 Å². The minimum absolute atomic E-state index is 0.153. The van der Waals surface area contributed by atoms with Crippen molar-refractivity contribution < 1.29 is 9.84 Å². The second kappa shape index (κ2) is 7.80. The van der Waals surface area contributed by atoms with Crippen molar-refractivity contribution in [3.8, 4) is 11.5 Å². The molecule has 0 spiro atoms. The summed E-state index contributed by atoms with van der Waals surface area (Å²) in [4.78, 5) is 23.4. The number of hydrogen-bond donors (Lipinski definition) is 5. The van der Waals surface area contributed by atoms with Gasteiger partial charge in [-0.25, -0.2) is 28.6 Å². The minimum atomic E-state index is -0.324. The van der Waals surface area contributed by atoms with Crippen LogP contribution in [-0.4, -0.2) is 41.4 Å². The van der Waals surface area contributed by atoms with Crippen LogP contribution in [0.2, 0.25) is 0 Å². The number of phenolic OH excluding ortho intramolecular Hbond substituents is 1. The predicted octanol–water partition coefficient (Wildman–Crippen LogP) is 1.85. The zero-order valence-corrected chi connectivity index (χ0v) is 19.1. The molecule has 0 amide bonds. The summed E-state index contributed by atoms with van der Waals surface area (Å²) in [7, 11) is 1.60. The molecule has 0 unspecified atom stereocenters. The standard InChI is InChI=1S/C12H12N4O2.C11H10N4O2/c1-6-3-9-7(4-10(6)18-2)8(13)5-11-14-15-12(17)16(9)11;1-5-2-8-6(3-9(5)16)7(12)4-10-13-14-11(17)15(8)10/h3-5H,13H2,1-2H3,(H,15,17);2-4,16H,12H2,1H3,(H,14,17). The number of fused-ring (bicyclic) bond motifs is 6. The van der Waals surface area contributed by atoms with Gasteiger partial charge in [-0.1, -0.05) is 0 Å². The van der Waals surface area contributed by atoms with E-state index in [0.29, 0.717) is 39.1 Å². The number of aryl methyl sites for hydroxylation is 2. The smallest absolute Gasteiger partial charge is 0.348 e. The van der Waals surface area contributed by atoms with Gasteiger partial charge in [0.25, 0.3) is 0 Å². The molecule has 12 heteroatoms. The Morgan fingerprint density at radius 3 is 1.80 bits per heavy atom. The molecule has 2 aromatic carbocycles. The molecule has 0 saturated heterocycles. The molecule has 0 atom stereocenters. The third kappa shape index (κ3) is 3.39. The number of rotatable bonds is 1. The second-order valence-electron chi connectivity index (χ2n) is 8.14. The number of nitrogens with one attached hydrogen (secondary N) is 2. The molecule has 4 aromatic heterocycles. The first kappa shape index (κ1) is 21.8. The average Bonchev–Trinajstić information content (AvgIpc) is 3.37. The number of anilines is 2. The topological polar surface area (TPSA) is 182 Å². The molecule has 0 fully saturated rings. The number of hydrogen-bond acceptors (Lipinski definition) is 8. The Hall–Kier alpha value is -5.00. The summed E-state index contributed by atoms with van der Waals surface area (Å²) in [6.45, 7) is 3.67. The molecule has 6 rings (SSSR count). The predicted molar refractivity (Wildman–Crippen MR) is 133 cm³/mol. The summed E-state index contributed by atoms with van der Waals surface area (Å²) in [5.41, 5.74) is 16.2. The lowest BCUT2D eigenvalue weighted by Gasteiger charge is -2.09. The van der Waals surface area contributed by atoms with Crippen molar-refractivity contribution in [1.29, 1.82) is 0 Å². The fourth-order valence-electron chi connectivity index (χ4n) is 4.12. The van der Waals surface area contributed by atoms with Gasteiger partial charge in [0.1, 0.15) is 11.5 Å². The van der Waals surface area contributed by atoms with E-state index >= 15 is 0 Å². The van der Waals surface area contributed by atoms with Crippen LogP contribution >= 0.6 is 0 Å². The van der Waals surface area contributed by atoms with E-state index in [0.717, 1.165) is 22.2 Å². The van der Waals surface area contributed by atoms with E-state index in [4.69, 9.17) is 16.2 Å². The number of aromatic amines is 2. The quantitative estimate of drug-likeness (QED) is 0.239. The molecular weight excluding hydrogens is 452 g/mol. The van der Waals surface area contributed by atoms with Crippen molar-refractivity contribution in [2.24, 2.45) is 0 Å². The Balaban J connectivity index is 0.000000145. The van der Waals surface area contributed by atoms with Gasteiger partial charge in [0.05, 0.1) is 18.1 Å². The van der Waals surface area contributed by atoms with Crippen LogP contribution in [0.4, 0.5) is 11.4 Å². The molecule has 4 heterocycles. The van der Waals surface area contributed by atoms with Crippen molar-refractivity contribution >= 4 is 44.5 Å². The van der Waals surface area contributed by atoms with E-state index in [2.05, 4.69) is 20.4 Å². The third-order valence-corrected chi connectivity index (χ3v) is 5.90. The molecule has 0 aliphatic carbocycles. The van der Waals surface area contributed by atoms with Crippen LogP contribution in [-0.2, 0) is 0 Å². The highest BCUT2D eigenvalue weighted by atomic mass is 16.5. The van der Waals surface area contributed by atoms with E-state index in [1.54, 1.807) is 38.3 Å². The third-order valence-electron chi connectivity index (χ3n) is 5.90. The highest BCUT2D eigenvalue weighted by Gasteiger charge is 2.12. The summed E-state index contributed by atoms with van der Waals surface area (Å²) >= 11 is 0. The largest absolute Gasteiger partial charge is 0.508 e. The molecule has 0 aliphatic rings. The number of ether oxygens (including phenoxy) is 1. The van der Waals surface area contributed by atoms with E-state index in [1.165, 1.54) is 8.80 Å². The van der Waals surface area contributed by atoms with Crippen LogP contribution < -0.4 is 27.6 Å². The molecule has 0 bridgehead atoms. The lowest BCUT2D eigenvalue weighted by Crippen LogP contribution is -2.10. The normalized spacial score (nSPS) is 11.3. The lowest BCUT2D eigenvalue weighted by molar-refractivity contribution is 0.412. The van der Waals surface area contributed by atoms with Crippen LogP contribution in [0.3, 0.4) is 0 Å². The highest BCUT2D eigenvalue weighted by molar-refractivity contribution is 5.95. The van der Waals surface area contributed by atoms with Gasteiger partial charge in [-0.15, -0.1) is 0 Å². The molecule has 0 aliphatic heterocycles. The zero-order valence-electron chi connectivity index (χ0n) is 19.1. The first-order valence-corrected chi connectivity index (χ1v) is 10.5. The Morgan fingerprint density at radius 1 is 0.800 bits per heavy atom. The molecule has 0 radical (unpaired) electrons. The number of benzene rings is 2. The molecule has 7 N–H and O–H groups in total. The minimum Gasteiger partial charge on any atom is -0.508 e. The molecule has 12 nitrogen and oxygen atoms in total. The van der Waals surface area contributed by atoms with Gasteiger partial charge in [-0.2, -0.15) is 10.2 Å². The Labute approximate surface area is 196 Å². The number of nitrogen functional groups attached to an aromatic ring is 2. The van der Waals surface area contributed by atoms with E-state index in [1.807, 2.05) is 19.1 Å². The van der Waals surface area contributed by atoms with Crippen molar-refractivity contribution in [3.63, 3.8) is 0 Å².